The molecule has 0 aliphatic carbocycles. The lowest BCUT2D eigenvalue weighted by atomic mass is 9.99. The van der Waals surface area contributed by atoms with Crippen LogP contribution in [0.2, 0.25) is 0 Å². The zero-order valence-corrected chi connectivity index (χ0v) is 16.9. The van der Waals surface area contributed by atoms with Gasteiger partial charge in [-0.2, -0.15) is 0 Å². The van der Waals surface area contributed by atoms with Crippen LogP contribution in [0.1, 0.15) is 11.1 Å². The third kappa shape index (κ3) is 4.74. The molecule has 0 aliphatic heterocycles. The first-order valence-electron chi connectivity index (χ1n) is 10.2. The van der Waals surface area contributed by atoms with Gasteiger partial charge in [-0.05, 0) is 39.0 Å². The molecule has 0 saturated heterocycles. The van der Waals surface area contributed by atoms with E-state index in [4.69, 9.17) is 0 Å². The second-order valence-electron chi connectivity index (χ2n) is 7.12. The van der Waals surface area contributed by atoms with Crippen LogP contribution in [-0.4, -0.2) is 0 Å². The number of hydrogen-bond donors (Lipinski definition) is 0. The molecule has 0 fully saturated rings. The van der Waals surface area contributed by atoms with Gasteiger partial charge in [0.1, 0.15) is 0 Å². The molecule has 0 aliphatic rings. The molecule has 0 aromatic heterocycles. The predicted octanol–water partition coefficient (Wildman–Crippen LogP) is 8.30. The molecule has 0 atom stereocenters. The fourth-order valence-electron chi connectivity index (χ4n) is 3.46. The highest BCUT2D eigenvalue weighted by atomic mass is 14.1. The summed E-state index contributed by atoms with van der Waals surface area (Å²) in [6, 6.07) is 38.2. The second-order valence-corrected chi connectivity index (χ2v) is 7.12. The van der Waals surface area contributed by atoms with Crippen molar-refractivity contribution in [2.75, 3.05) is 0 Å². The minimum atomic E-state index is 1.14. The molecule has 0 bridgehead atoms. The first-order valence-corrected chi connectivity index (χ1v) is 10.2. The van der Waals surface area contributed by atoms with Gasteiger partial charge >= 0.3 is 0 Å². The smallest absolute Gasteiger partial charge is 0.0184 e. The SMILES string of the molecule is C=C/C=C(\C=C\c1ccc(-c2ccccc2)cc1)c1ccc(-c2ccccc2)cc1. The van der Waals surface area contributed by atoms with Crippen LogP contribution in [-0.2, 0) is 0 Å². The van der Waals surface area contributed by atoms with Crippen molar-refractivity contribution in [1.82, 2.24) is 0 Å². The molecule has 144 valence electrons. The van der Waals surface area contributed by atoms with Crippen LogP contribution in [0.4, 0.5) is 0 Å². The van der Waals surface area contributed by atoms with Crippen LogP contribution >= 0.6 is 0 Å². The standard InChI is InChI=1S/C30H24/c1-2-9-25(29-20-22-30(23-21-29)27-12-7-4-8-13-27)17-14-24-15-18-28(19-16-24)26-10-5-3-6-11-26/h2-23H,1H2/b17-14+,25-9+. The van der Waals surface area contributed by atoms with Gasteiger partial charge in [-0.15, -0.1) is 0 Å². The van der Waals surface area contributed by atoms with E-state index in [-0.39, 0.29) is 0 Å². The Labute approximate surface area is 179 Å². The number of rotatable bonds is 6. The highest BCUT2D eigenvalue weighted by Gasteiger charge is 2.01. The van der Waals surface area contributed by atoms with Gasteiger partial charge in [0.05, 0.1) is 0 Å². The Morgan fingerprint density at radius 3 is 1.50 bits per heavy atom. The molecule has 0 heteroatoms. The van der Waals surface area contributed by atoms with E-state index in [1.165, 1.54) is 33.4 Å². The van der Waals surface area contributed by atoms with Gasteiger partial charge in [-0.25, -0.2) is 0 Å². The van der Waals surface area contributed by atoms with E-state index < -0.39 is 0 Å². The number of hydrogen-bond acceptors (Lipinski definition) is 0. The van der Waals surface area contributed by atoms with Crippen molar-refractivity contribution >= 4 is 11.6 Å². The average Bonchev–Trinajstić information content (AvgIpc) is 2.83. The molecule has 0 amide bonds. The molecule has 0 unspecified atom stereocenters. The largest absolute Gasteiger partial charge is 0.0990 e. The summed E-state index contributed by atoms with van der Waals surface area (Å²) in [5.41, 5.74) is 8.39. The van der Waals surface area contributed by atoms with Crippen LogP contribution < -0.4 is 0 Å². The topological polar surface area (TPSA) is 0 Å². The van der Waals surface area contributed by atoms with E-state index in [1.54, 1.807) is 0 Å². The van der Waals surface area contributed by atoms with Gasteiger partial charge in [0.15, 0.2) is 0 Å². The van der Waals surface area contributed by atoms with Gasteiger partial charge in [-0.3, -0.25) is 0 Å². The van der Waals surface area contributed by atoms with Gasteiger partial charge in [-0.1, -0.05) is 140 Å². The van der Waals surface area contributed by atoms with E-state index in [0.29, 0.717) is 0 Å². The van der Waals surface area contributed by atoms with Gasteiger partial charge in [0, 0.05) is 0 Å². The van der Waals surface area contributed by atoms with Gasteiger partial charge < -0.3 is 0 Å². The fraction of sp³-hybridized carbons (Fsp3) is 0. The summed E-state index contributed by atoms with van der Waals surface area (Å²) < 4.78 is 0. The molecule has 0 radical (unpaired) electrons. The Balaban J connectivity index is 1.53. The van der Waals surface area contributed by atoms with Crippen molar-refractivity contribution in [3.63, 3.8) is 0 Å². The summed E-state index contributed by atoms with van der Waals surface area (Å²) in [6.45, 7) is 3.88. The first-order chi connectivity index (χ1) is 14.8. The van der Waals surface area contributed by atoms with Crippen molar-refractivity contribution in [2.45, 2.75) is 0 Å². The van der Waals surface area contributed by atoms with E-state index in [2.05, 4.69) is 116 Å². The summed E-state index contributed by atoms with van der Waals surface area (Å²) >= 11 is 0. The molecule has 0 spiro atoms. The second kappa shape index (κ2) is 9.54. The molecule has 0 saturated carbocycles. The number of allylic oxidation sites excluding steroid dienone is 4. The molecular weight excluding hydrogens is 360 g/mol. The van der Waals surface area contributed by atoms with Crippen molar-refractivity contribution in [2.24, 2.45) is 0 Å². The molecular formula is C30H24. The zero-order chi connectivity index (χ0) is 20.6. The highest BCUT2D eigenvalue weighted by Crippen LogP contribution is 2.24. The molecule has 4 aromatic rings. The summed E-state index contributed by atoms with van der Waals surface area (Å²) in [7, 11) is 0. The Morgan fingerprint density at radius 2 is 1.00 bits per heavy atom. The Kier molecular flexibility index (Phi) is 6.17. The molecule has 0 N–H and O–H groups in total. The predicted molar refractivity (Wildman–Crippen MR) is 131 cm³/mol. The third-order valence-corrected chi connectivity index (χ3v) is 5.10. The van der Waals surface area contributed by atoms with E-state index in [0.717, 1.165) is 5.57 Å². The quantitative estimate of drug-likeness (QED) is 0.293. The average molecular weight is 385 g/mol. The summed E-state index contributed by atoms with van der Waals surface area (Å²) in [5, 5.41) is 0. The summed E-state index contributed by atoms with van der Waals surface area (Å²) in [5.74, 6) is 0. The lowest BCUT2D eigenvalue weighted by Crippen LogP contribution is -1.83. The maximum atomic E-state index is 3.88. The Hall–Kier alpha value is -3.90. The monoisotopic (exact) mass is 384 g/mol. The first kappa shape index (κ1) is 19.4. The third-order valence-electron chi connectivity index (χ3n) is 5.10. The minimum absolute atomic E-state index is 1.14. The van der Waals surface area contributed by atoms with Crippen LogP contribution in [0.5, 0.6) is 0 Å². The lowest BCUT2D eigenvalue weighted by molar-refractivity contribution is 1.58. The normalized spacial score (nSPS) is 11.5. The van der Waals surface area contributed by atoms with E-state index >= 15 is 0 Å². The number of benzene rings is 4. The maximum Gasteiger partial charge on any atom is -0.0184 e. The highest BCUT2D eigenvalue weighted by molar-refractivity contribution is 5.81. The van der Waals surface area contributed by atoms with Crippen molar-refractivity contribution in [1.29, 1.82) is 0 Å². The van der Waals surface area contributed by atoms with Crippen LogP contribution in [0.15, 0.2) is 134 Å². The zero-order valence-electron chi connectivity index (χ0n) is 16.9. The molecule has 0 nitrogen and oxygen atoms in total. The fourth-order valence-corrected chi connectivity index (χ4v) is 3.46. The van der Waals surface area contributed by atoms with Crippen LogP contribution in [0, 0.1) is 0 Å². The van der Waals surface area contributed by atoms with Crippen LogP contribution in [0.3, 0.4) is 0 Å². The van der Waals surface area contributed by atoms with E-state index in [9.17, 15) is 0 Å². The maximum absolute atomic E-state index is 3.88. The van der Waals surface area contributed by atoms with Crippen LogP contribution in [0.25, 0.3) is 33.9 Å². The minimum Gasteiger partial charge on any atom is -0.0990 e. The molecule has 30 heavy (non-hydrogen) atoms. The molecule has 4 rings (SSSR count). The molecule has 0 heterocycles. The van der Waals surface area contributed by atoms with E-state index in [1.807, 2.05) is 24.3 Å². The summed E-state index contributed by atoms with van der Waals surface area (Å²) in [4.78, 5) is 0. The summed E-state index contributed by atoms with van der Waals surface area (Å²) in [6.07, 6.45) is 8.18. The Bertz CT molecular complexity index is 1140. The molecule has 4 aromatic carbocycles. The van der Waals surface area contributed by atoms with Crippen molar-refractivity contribution in [3.05, 3.63) is 145 Å². The van der Waals surface area contributed by atoms with Crippen molar-refractivity contribution in [3.8, 4) is 22.3 Å². The van der Waals surface area contributed by atoms with Gasteiger partial charge in [0.25, 0.3) is 0 Å². The van der Waals surface area contributed by atoms with Crippen molar-refractivity contribution < 1.29 is 0 Å². The lowest BCUT2D eigenvalue weighted by Gasteiger charge is -2.06. The van der Waals surface area contributed by atoms with Gasteiger partial charge in [0.2, 0.25) is 0 Å². The Morgan fingerprint density at radius 1 is 0.533 bits per heavy atom.